The van der Waals surface area contributed by atoms with Crippen molar-refractivity contribution in [2.24, 2.45) is 5.92 Å². The summed E-state index contributed by atoms with van der Waals surface area (Å²) in [6.45, 7) is 1.39. The van der Waals surface area contributed by atoms with Crippen molar-refractivity contribution in [1.29, 1.82) is 0 Å². The second kappa shape index (κ2) is 5.52. The van der Waals surface area contributed by atoms with Crippen LogP contribution >= 0.6 is 0 Å². The number of carbonyl (C=O) groups excluding carboxylic acids is 2. The molecule has 0 spiro atoms. The number of rotatable bonds is 3. The van der Waals surface area contributed by atoms with Gasteiger partial charge in [0.05, 0.1) is 30.3 Å². The lowest BCUT2D eigenvalue weighted by Gasteiger charge is -2.25. The van der Waals surface area contributed by atoms with E-state index in [4.69, 9.17) is 4.74 Å². The van der Waals surface area contributed by atoms with E-state index >= 15 is 0 Å². The van der Waals surface area contributed by atoms with Crippen molar-refractivity contribution in [2.45, 2.75) is 19.4 Å². The lowest BCUT2D eigenvalue weighted by atomic mass is 10.0. The topological polar surface area (TPSA) is 92.8 Å². The second-order valence-corrected chi connectivity index (χ2v) is 8.09. The molecule has 2 aliphatic rings. The zero-order valence-electron chi connectivity index (χ0n) is 12.9. The fourth-order valence-electron chi connectivity index (χ4n) is 3.36. The maximum atomic E-state index is 12.4. The van der Waals surface area contributed by atoms with Gasteiger partial charge in [-0.1, -0.05) is 0 Å². The molecule has 0 unspecified atom stereocenters. The molecule has 2 aliphatic heterocycles. The molecule has 124 valence electrons. The van der Waals surface area contributed by atoms with Gasteiger partial charge < -0.3 is 15.0 Å². The number of sulfone groups is 1. The number of nitrogens with zero attached hydrogens (tertiary/aromatic N) is 1. The van der Waals surface area contributed by atoms with E-state index in [2.05, 4.69) is 5.32 Å². The van der Waals surface area contributed by atoms with Gasteiger partial charge >= 0.3 is 0 Å². The number of hydrogen-bond donors (Lipinski definition) is 1. The normalized spacial score (nSPS) is 25.3. The molecule has 2 atom stereocenters. The third-order valence-electron chi connectivity index (χ3n) is 4.23. The van der Waals surface area contributed by atoms with Crippen LogP contribution in [0.5, 0.6) is 5.75 Å². The largest absolute Gasteiger partial charge is 0.495 e. The SMILES string of the molecule is COc1ccc(NC(C)=O)cc1N1C(=O)C[C@H]2CS(=O)(=O)C[C@@H]21. The number of carbonyl (C=O) groups is 2. The van der Waals surface area contributed by atoms with Crippen LogP contribution in [-0.2, 0) is 19.4 Å². The number of methoxy groups -OCH3 is 1. The minimum atomic E-state index is -3.12. The van der Waals surface area contributed by atoms with E-state index in [9.17, 15) is 18.0 Å². The molecule has 3 rings (SSSR count). The molecule has 7 nitrogen and oxygen atoms in total. The number of nitrogens with one attached hydrogen (secondary N) is 1. The zero-order chi connectivity index (χ0) is 16.8. The van der Waals surface area contributed by atoms with E-state index < -0.39 is 9.84 Å². The van der Waals surface area contributed by atoms with Crippen molar-refractivity contribution < 1.29 is 22.7 Å². The molecule has 2 saturated heterocycles. The standard InChI is InChI=1S/C15H18N2O5S/c1-9(18)16-11-3-4-14(22-2)12(6-11)17-13-8-23(20,21)7-10(13)5-15(17)19/h3-4,6,10,13H,5,7-8H2,1-2H3,(H,16,18)/t10-,13-/m0/s1. The summed E-state index contributed by atoms with van der Waals surface area (Å²) in [5.74, 6) is -0.0350. The number of fused-ring (bicyclic) bond motifs is 1. The van der Waals surface area contributed by atoms with Crippen molar-refractivity contribution in [2.75, 3.05) is 28.8 Å². The van der Waals surface area contributed by atoms with Gasteiger partial charge in [-0.15, -0.1) is 0 Å². The molecule has 2 fully saturated rings. The highest BCUT2D eigenvalue weighted by atomic mass is 32.2. The van der Waals surface area contributed by atoms with Crippen molar-refractivity contribution >= 4 is 33.0 Å². The number of hydrogen-bond acceptors (Lipinski definition) is 5. The number of amides is 2. The summed E-state index contributed by atoms with van der Waals surface area (Å²) in [5, 5.41) is 2.66. The van der Waals surface area contributed by atoms with E-state index in [1.807, 2.05) is 0 Å². The highest BCUT2D eigenvalue weighted by Crippen LogP contribution is 2.41. The van der Waals surface area contributed by atoms with Gasteiger partial charge in [0.2, 0.25) is 11.8 Å². The fourth-order valence-corrected chi connectivity index (χ4v) is 5.43. The lowest BCUT2D eigenvalue weighted by Crippen LogP contribution is -2.36. The minimum absolute atomic E-state index is 0.0308. The van der Waals surface area contributed by atoms with Gasteiger partial charge in [-0.2, -0.15) is 0 Å². The van der Waals surface area contributed by atoms with Crippen molar-refractivity contribution in [1.82, 2.24) is 0 Å². The lowest BCUT2D eigenvalue weighted by molar-refractivity contribution is -0.117. The Kier molecular flexibility index (Phi) is 3.79. The second-order valence-electron chi connectivity index (χ2n) is 5.94. The van der Waals surface area contributed by atoms with E-state index in [0.29, 0.717) is 17.1 Å². The molecule has 0 aliphatic carbocycles. The van der Waals surface area contributed by atoms with E-state index in [0.717, 1.165) is 0 Å². The summed E-state index contributed by atoms with van der Waals surface area (Å²) in [7, 11) is -1.64. The molecular weight excluding hydrogens is 320 g/mol. The summed E-state index contributed by atoms with van der Waals surface area (Å²) in [4.78, 5) is 25.1. The van der Waals surface area contributed by atoms with Crippen LogP contribution in [0.4, 0.5) is 11.4 Å². The minimum Gasteiger partial charge on any atom is -0.495 e. The van der Waals surface area contributed by atoms with Gasteiger partial charge in [0.25, 0.3) is 0 Å². The first-order chi connectivity index (χ1) is 10.8. The molecule has 0 saturated carbocycles. The first-order valence-electron chi connectivity index (χ1n) is 7.29. The van der Waals surface area contributed by atoms with Gasteiger partial charge in [-0.3, -0.25) is 9.59 Å². The molecule has 2 heterocycles. The summed E-state index contributed by atoms with van der Waals surface area (Å²) < 4.78 is 29.0. The van der Waals surface area contributed by atoms with Crippen LogP contribution in [0.25, 0.3) is 0 Å². The number of ether oxygens (including phenoxy) is 1. The van der Waals surface area contributed by atoms with Gasteiger partial charge in [0, 0.05) is 24.9 Å². The maximum Gasteiger partial charge on any atom is 0.227 e. The monoisotopic (exact) mass is 338 g/mol. The molecule has 0 aromatic heterocycles. The Balaban J connectivity index is 2.02. The average Bonchev–Trinajstić information content (AvgIpc) is 2.88. The Morgan fingerprint density at radius 3 is 2.74 bits per heavy atom. The highest BCUT2D eigenvalue weighted by molar-refractivity contribution is 7.91. The number of benzene rings is 1. The number of anilines is 2. The van der Waals surface area contributed by atoms with Crippen LogP contribution in [0.15, 0.2) is 18.2 Å². The van der Waals surface area contributed by atoms with Crippen molar-refractivity contribution in [3.8, 4) is 5.75 Å². The molecule has 8 heteroatoms. The van der Waals surface area contributed by atoms with Crippen LogP contribution in [0.2, 0.25) is 0 Å². The van der Waals surface area contributed by atoms with Crippen LogP contribution in [0, 0.1) is 5.92 Å². The summed E-state index contributed by atoms with van der Waals surface area (Å²) >= 11 is 0. The van der Waals surface area contributed by atoms with Crippen molar-refractivity contribution in [3.63, 3.8) is 0 Å². The quantitative estimate of drug-likeness (QED) is 0.880. The van der Waals surface area contributed by atoms with E-state index in [-0.39, 0.29) is 41.7 Å². The van der Waals surface area contributed by atoms with Gasteiger partial charge in [-0.25, -0.2) is 8.42 Å². The van der Waals surface area contributed by atoms with Crippen LogP contribution in [0.3, 0.4) is 0 Å². The molecular formula is C15H18N2O5S. The van der Waals surface area contributed by atoms with Crippen LogP contribution in [0.1, 0.15) is 13.3 Å². The first-order valence-corrected chi connectivity index (χ1v) is 9.11. The highest BCUT2D eigenvalue weighted by Gasteiger charge is 2.49. The van der Waals surface area contributed by atoms with Gasteiger partial charge in [0.1, 0.15) is 5.75 Å². The predicted octanol–water partition coefficient (Wildman–Crippen LogP) is 0.803. The van der Waals surface area contributed by atoms with Gasteiger partial charge in [0.15, 0.2) is 9.84 Å². The molecule has 1 aromatic carbocycles. The third-order valence-corrected chi connectivity index (χ3v) is 6.02. The Hall–Kier alpha value is -2.09. The third kappa shape index (κ3) is 2.90. The molecule has 1 aromatic rings. The Bertz CT molecular complexity index is 774. The average molecular weight is 338 g/mol. The molecule has 1 N–H and O–H groups in total. The van der Waals surface area contributed by atoms with E-state index in [1.165, 1.54) is 18.9 Å². The smallest absolute Gasteiger partial charge is 0.227 e. The fraction of sp³-hybridized carbons (Fsp3) is 0.467. The van der Waals surface area contributed by atoms with Gasteiger partial charge in [-0.05, 0) is 18.2 Å². The van der Waals surface area contributed by atoms with Crippen LogP contribution < -0.4 is 15.0 Å². The summed E-state index contributed by atoms with van der Waals surface area (Å²) in [6.07, 6.45) is 0.220. The van der Waals surface area contributed by atoms with E-state index in [1.54, 1.807) is 18.2 Å². The summed E-state index contributed by atoms with van der Waals surface area (Å²) in [5.41, 5.74) is 1.03. The Morgan fingerprint density at radius 2 is 2.09 bits per heavy atom. The Labute approximate surface area is 134 Å². The zero-order valence-corrected chi connectivity index (χ0v) is 13.7. The van der Waals surface area contributed by atoms with Crippen molar-refractivity contribution in [3.05, 3.63) is 18.2 Å². The maximum absolute atomic E-state index is 12.4. The molecule has 0 bridgehead atoms. The summed E-state index contributed by atoms with van der Waals surface area (Å²) in [6, 6.07) is 4.61. The molecule has 0 radical (unpaired) electrons. The predicted molar refractivity (Wildman–Crippen MR) is 85.3 cm³/mol. The Morgan fingerprint density at radius 1 is 1.35 bits per heavy atom. The first kappa shape index (κ1) is 15.8. The molecule has 2 amide bonds. The molecule has 23 heavy (non-hydrogen) atoms. The van der Waals surface area contributed by atoms with Crippen LogP contribution in [-0.4, -0.2) is 44.9 Å².